The summed E-state index contributed by atoms with van der Waals surface area (Å²) in [6.07, 6.45) is 3.34. The Balaban J connectivity index is 1.51. The summed E-state index contributed by atoms with van der Waals surface area (Å²) >= 11 is 1.26. The zero-order chi connectivity index (χ0) is 19.5. The Labute approximate surface area is 165 Å². The molecule has 2 aromatic carbocycles. The number of hydrogen-bond acceptors (Lipinski definition) is 6. The second kappa shape index (κ2) is 7.77. The highest BCUT2D eigenvalue weighted by molar-refractivity contribution is 7.14. The van der Waals surface area contributed by atoms with Gasteiger partial charge in [0, 0.05) is 23.1 Å². The van der Waals surface area contributed by atoms with Crippen molar-refractivity contribution in [3.63, 3.8) is 0 Å². The summed E-state index contributed by atoms with van der Waals surface area (Å²) in [4.78, 5) is 27.6. The molecule has 28 heavy (non-hydrogen) atoms. The molecule has 0 spiro atoms. The van der Waals surface area contributed by atoms with Crippen molar-refractivity contribution in [1.29, 1.82) is 0 Å². The average molecular weight is 395 g/mol. The average Bonchev–Trinajstić information content (AvgIpc) is 3.13. The van der Waals surface area contributed by atoms with Crippen LogP contribution >= 0.6 is 11.3 Å². The second-order valence-electron chi connectivity index (χ2n) is 6.47. The number of nitro groups is 1. The summed E-state index contributed by atoms with van der Waals surface area (Å²) in [5.74, 6) is 0.273. The summed E-state index contributed by atoms with van der Waals surface area (Å²) in [7, 11) is 0. The lowest BCUT2D eigenvalue weighted by molar-refractivity contribution is -0.384. The summed E-state index contributed by atoms with van der Waals surface area (Å²) in [6, 6.07) is 13.4. The Morgan fingerprint density at radius 3 is 2.79 bits per heavy atom. The van der Waals surface area contributed by atoms with Gasteiger partial charge in [0.2, 0.25) is 0 Å². The molecule has 1 amide bonds. The number of aromatic nitrogens is 1. The fraction of sp³-hybridized carbons (Fsp3) is 0.200. The Bertz CT molecular complexity index is 1030. The predicted molar refractivity (Wildman–Crippen MR) is 107 cm³/mol. The molecule has 4 rings (SSSR count). The molecule has 1 aliphatic carbocycles. The minimum atomic E-state index is -0.447. The van der Waals surface area contributed by atoms with Crippen LogP contribution in [0.3, 0.4) is 0 Å². The van der Waals surface area contributed by atoms with Crippen molar-refractivity contribution in [3.05, 3.63) is 69.6 Å². The van der Waals surface area contributed by atoms with Crippen LogP contribution in [0.25, 0.3) is 11.3 Å². The van der Waals surface area contributed by atoms with E-state index in [1.165, 1.54) is 23.5 Å². The maximum absolute atomic E-state index is 12.7. The standard InChI is InChI=1S/C20H17N3O4S/c24-19(16-9-1-2-10-18(16)27-15-7-4-8-15)22-20-21-17(12-28-20)13-5-3-6-14(11-13)23(25)26/h1-3,5-6,9-12,15H,4,7-8H2,(H,21,22,24). The third-order valence-electron chi connectivity index (χ3n) is 4.55. The topological polar surface area (TPSA) is 94.4 Å². The Kier molecular flexibility index (Phi) is 5.03. The van der Waals surface area contributed by atoms with Gasteiger partial charge in [-0.15, -0.1) is 11.3 Å². The third kappa shape index (κ3) is 3.86. The monoisotopic (exact) mass is 395 g/mol. The smallest absolute Gasteiger partial charge is 0.270 e. The van der Waals surface area contributed by atoms with Crippen LogP contribution in [0.15, 0.2) is 53.9 Å². The predicted octanol–water partition coefficient (Wildman–Crippen LogP) is 4.90. The highest BCUT2D eigenvalue weighted by atomic mass is 32.1. The number of benzene rings is 2. The first-order valence-electron chi connectivity index (χ1n) is 8.87. The van der Waals surface area contributed by atoms with Crippen LogP contribution in [-0.4, -0.2) is 21.9 Å². The van der Waals surface area contributed by atoms with E-state index in [2.05, 4.69) is 10.3 Å². The maximum Gasteiger partial charge on any atom is 0.270 e. The van der Waals surface area contributed by atoms with Crippen LogP contribution in [0.1, 0.15) is 29.6 Å². The van der Waals surface area contributed by atoms with Crippen LogP contribution in [0, 0.1) is 10.1 Å². The molecule has 8 heteroatoms. The van der Waals surface area contributed by atoms with Crippen LogP contribution < -0.4 is 10.1 Å². The van der Waals surface area contributed by atoms with E-state index < -0.39 is 4.92 Å². The van der Waals surface area contributed by atoms with Gasteiger partial charge in [0.15, 0.2) is 5.13 Å². The van der Waals surface area contributed by atoms with Crippen molar-refractivity contribution in [2.45, 2.75) is 25.4 Å². The van der Waals surface area contributed by atoms with Gasteiger partial charge < -0.3 is 4.74 Å². The van der Waals surface area contributed by atoms with Gasteiger partial charge in [-0.3, -0.25) is 20.2 Å². The highest BCUT2D eigenvalue weighted by Crippen LogP contribution is 2.30. The molecular formula is C20H17N3O4S. The molecule has 0 aliphatic heterocycles. The normalized spacial score (nSPS) is 13.6. The number of para-hydroxylation sites is 1. The Morgan fingerprint density at radius 1 is 1.21 bits per heavy atom. The number of anilines is 1. The first kappa shape index (κ1) is 18.1. The second-order valence-corrected chi connectivity index (χ2v) is 7.32. The number of thiazole rings is 1. The fourth-order valence-electron chi connectivity index (χ4n) is 2.83. The summed E-state index contributed by atoms with van der Waals surface area (Å²) in [5.41, 5.74) is 1.65. The van der Waals surface area contributed by atoms with E-state index in [1.807, 2.05) is 6.07 Å². The molecule has 1 N–H and O–H groups in total. The lowest BCUT2D eigenvalue weighted by atomic mass is 9.96. The number of nitrogens with one attached hydrogen (secondary N) is 1. The van der Waals surface area contributed by atoms with Gasteiger partial charge in [-0.05, 0) is 31.4 Å². The van der Waals surface area contributed by atoms with Crippen LogP contribution in [0.2, 0.25) is 0 Å². The van der Waals surface area contributed by atoms with Crippen LogP contribution in [-0.2, 0) is 0 Å². The van der Waals surface area contributed by atoms with Gasteiger partial charge in [-0.2, -0.15) is 0 Å². The largest absolute Gasteiger partial charge is 0.490 e. The highest BCUT2D eigenvalue weighted by Gasteiger charge is 2.22. The fourth-order valence-corrected chi connectivity index (χ4v) is 3.55. The molecular weight excluding hydrogens is 378 g/mol. The number of carbonyl (C=O) groups is 1. The number of nitro benzene ring substituents is 1. The van der Waals surface area contributed by atoms with E-state index in [0.29, 0.717) is 27.7 Å². The SMILES string of the molecule is O=C(Nc1nc(-c2cccc([N+](=O)[O-])c2)cs1)c1ccccc1OC1CCC1. The van der Waals surface area contributed by atoms with Crippen molar-refractivity contribution < 1.29 is 14.5 Å². The number of hydrogen-bond donors (Lipinski definition) is 1. The molecule has 0 radical (unpaired) electrons. The summed E-state index contributed by atoms with van der Waals surface area (Å²) in [6.45, 7) is 0. The van der Waals surface area contributed by atoms with Gasteiger partial charge in [0.05, 0.1) is 22.3 Å². The number of rotatable bonds is 6. The van der Waals surface area contributed by atoms with E-state index in [1.54, 1.807) is 35.7 Å². The van der Waals surface area contributed by atoms with Gasteiger partial charge in [0.25, 0.3) is 11.6 Å². The molecule has 0 atom stereocenters. The lowest BCUT2D eigenvalue weighted by Gasteiger charge is -2.27. The number of amides is 1. The Morgan fingerprint density at radius 2 is 2.04 bits per heavy atom. The van der Waals surface area contributed by atoms with Crippen LogP contribution in [0.5, 0.6) is 5.75 Å². The molecule has 0 saturated heterocycles. The van der Waals surface area contributed by atoms with E-state index in [4.69, 9.17) is 4.74 Å². The summed E-state index contributed by atoms with van der Waals surface area (Å²) in [5, 5.41) is 15.9. The Hall–Kier alpha value is -3.26. The number of ether oxygens (including phenoxy) is 1. The van der Waals surface area contributed by atoms with Crippen molar-refractivity contribution >= 4 is 28.1 Å². The zero-order valence-electron chi connectivity index (χ0n) is 14.8. The molecule has 0 bridgehead atoms. The molecule has 0 unspecified atom stereocenters. The lowest BCUT2D eigenvalue weighted by Crippen LogP contribution is -2.26. The number of nitrogens with zero attached hydrogens (tertiary/aromatic N) is 2. The van der Waals surface area contributed by atoms with Crippen molar-refractivity contribution in [2.75, 3.05) is 5.32 Å². The van der Waals surface area contributed by atoms with E-state index in [9.17, 15) is 14.9 Å². The molecule has 1 saturated carbocycles. The van der Waals surface area contributed by atoms with E-state index in [0.717, 1.165) is 19.3 Å². The number of carbonyl (C=O) groups excluding carboxylic acids is 1. The van der Waals surface area contributed by atoms with Crippen LogP contribution in [0.4, 0.5) is 10.8 Å². The maximum atomic E-state index is 12.7. The van der Waals surface area contributed by atoms with Crippen molar-refractivity contribution in [3.8, 4) is 17.0 Å². The van der Waals surface area contributed by atoms with Crippen molar-refractivity contribution in [2.24, 2.45) is 0 Å². The molecule has 7 nitrogen and oxygen atoms in total. The molecule has 3 aromatic rings. The minimum absolute atomic E-state index is 0.00171. The molecule has 1 aliphatic rings. The summed E-state index contributed by atoms with van der Waals surface area (Å²) < 4.78 is 5.91. The van der Waals surface area contributed by atoms with Gasteiger partial charge in [0.1, 0.15) is 5.75 Å². The van der Waals surface area contributed by atoms with Gasteiger partial charge in [-0.25, -0.2) is 4.98 Å². The van der Waals surface area contributed by atoms with Gasteiger partial charge >= 0.3 is 0 Å². The quantitative estimate of drug-likeness (QED) is 0.473. The third-order valence-corrected chi connectivity index (χ3v) is 5.31. The molecule has 1 heterocycles. The van der Waals surface area contributed by atoms with Gasteiger partial charge in [-0.1, -0.05) is 24.3 Å². The molecule has 1 aromatic heterocycles. The first-order chi connectivity index (χ1) is 13.6. The number of non-ortho nitro benzene ring substituents is 1. The zero-order valence-corrected chi connectivity index (χ0v) is 15.6. The minimum Gasteiger partial charge on any atom is -0.490 e. The van der Waals surface area contributed by atoms with E-state index in [-0.39, 0.29) is 17.7 Å². The molecule has 1 fully saturated rings. The van der Waals surface area contributed by atoms with E-state index >= 15 is 0 Å². The first-order valence-corrected chi connectivity index (χ1v) is 9.75. The molecule has 142 valence electrons. The van der Waals surface area contributed by atoms with Crippen molar-refractivity contribution in [1.82, 2.24) is 4.98 Å².